The number of halogens is 1. The van der Waals surface area contributed by atoms with Gasteiger partial charge < -0.3 is 10.2 Å². The number of nitrogens with zero attached hydrogens (tertiary/aromatic N) is 2. The Bertz CT molecular complexity index is 943. The molecule has 2 aromatic carbocycles. The van der Waals surface area contributed by atoms with Gasteiger partial charge in [-0.2, -0.15) is 0 Å². The molecule has 130 valence electrons. The minimum absolute atomic E-state index is 0.0465. The Morgan fingerprint density at radius 2 is 1.96 bits per heavy atom. The van der Waals surface area contributed by atoms with Gasteiger partial charge in [-0.3, -0.25) is 4.79 Å². The fraction of sp³-hybridized carbons (Fsp3) is 0.143. The molecule has 26 heavy (non-hydrogen) atoms. The van der Waals surface area contributed by atoms with Crippen LogP contribution in [0.25, 0.3) is 0 Å². The summed E-state index contributed by atoms with van der Waals surface area (Å²) in [6.45, 7) is 1.27. The maximum absolute atomic E-state index is 13.1. The number of fused-ring (bicyclic) bond motifs is 1. The van der Waals surface area contributed by atoms with E-state index in [9.17, 15) is 4.79 Å². The molecule has 0 atom stereocenters. The average molecular weight is 364 g/mol. The lowest BCUT2D eigenvalue weighted by Crippen LogP contribution is -2.29. The van der Waals surface area contributed by atoms with Crippen LogP contribution in [0.15, 0.2) is 66.9 Å². The van der Waals surface area contributed by atoms with Crippen molar-refractivity contribution in [2.75, 3.05) is 16.8 Å². The highest BCUT2D eigenvalue weighted by atomic mass is 35.5. The summed E-state index contributed by atoms with van der Waals surface area (Å²) in [7, 11) is 0. The van der Waals surface area contributed by atoms with Crippen LogP contribution in [0.4, 0.5) is 11.5 Å². The third-order valence-electron chi connectivity index (χ3n) is 4.52. The molecule has 3 aromatic rings. The van der Waals surface area contributed by atoms with Crippen molar-refractivity contribution >= 4 is 29.0 Å². The fourth-order valence-electron chi connectivity index (χ4n) is 3.23. The Morgan fingerprint density at radius 1 is 1.12 bits per heavy atom. The molecule has 1 amide bonds. The molecule has 1 aliphatic heterocycles. The van der Waals surface area contributed by atoms with Crippen molar-refractivity contribution in [3.63, 3.8) is 0 Å². The normalized spacial score (nSPS) is 12.7. The molecule has 4 rings (SSSR count). The van der Waals surface area contributed by atoms with Crippen molar-refractivity contribution in [3.05, 3.63) is 88.6 Å². The summed E-state index contributed by atoms with van der Waals surface area (Å²) in [5.74, 6) is 0.554. The van der Waals surface area contributed by atoms with E-state index in [1.54, 1.807) is 17.2 Å². The minimum Gasteiger partial charge on any atom is -0.365 e. The highest BCUT2D eigenvalue weighted by Gasteiger charge is 2.27. The second-order valence-electron chi connectivity index (χ2n) is 6.22. The second-order valence-corrected chi connectivity index (χ2v) is 6.65. The standard InChI is InChI=1S/C21H18ClN3O/c22-17-8-9-19-16(13-17)10-12-25(19)21(26)18-7-4-11-23-20(18)24-14-15-5-2-1-3-6-15/h1-9,11,13H,10,12,14H2,(H,23,24). The summed E-state index contributed by atoms with van der Waals surface area (Å²) in [6.07, 6.45) is 2.51. The first-order valence-corrected chi connectivity index (χ1v) is 8.93. The summed E-state index contributed by atoms with van der Waals surface area (Å²) in [4.78, 5) is 19.3. The topological polar surface area (TPSA) is 45.2 Å². The predicted octanol–water partition coefficient (Wildman–Crippen LogP) is 4.55. The van der Waals surface area contributed by atoms with Gasteiger partial charge in [0.25, 0.3) is 5.91 Å². The molecule has 0 spiro atoms. The lowest BCUT2D eigenvalue weighted by Gasteiger charge is -2.19. The molecular formula is C21H18ClN3O. The molecule has 1 aliphatic rings. The van der Waals surface area contributed by atoms with Crippen LogP contribution in [0.2, 0.25) is 5.02 Å². The Kier molecular flexibility index (Phi) is 4.59. The predicted molar refractivity (Wildman–Crippen MR) is 105 cm³/mol. The van der Waals surface area contributed by atoms with E-state index in [0.717, 1.165) is 23.2 Å². The number of rotatable bonds is 4. The molecule has 1 N–H and O–H groups in total. The van der Waals surface area contributed by atoms with Crippen LogP contribution in [0, 0.1) is 0 Å². The number of aromatic nitrogens is 1. The number of carbonyl (C=O) groups is 1. The maximum Gasteiger partial charge on any atom is 0.262 e. The Labute approximate surface area is 157 Å². The molecule has 0 bridgehead atoms. The summed E-state index contributed by atoms with van der Waals surface area (Å²) in [5.41, 5.74) is 3.75. The van der Waals surface area contributed by atoms with Crippen LogP contribution in [0.5, 0.6) is 0 Å². The number of nitrogens with one attached hydrogen (secondary N) is 1. The molecule has 2 heterocycles. The first-order valence-electron chi connectivity index (χ1n) is 8.55. The van der Waals surface area contributed by atoms with E-state index in [2.05, 4.69) is 10.3 Å². The highest BCUT2D eigenvalue weighted by molar-refractivity contribution is 6.30. The van der Waals surface area contributed by atoms with Gasteiger partial charge >= 0.3 is 0 Å². The van der Waals surface area contributed by atoms with Crippen molar-refractivity contribution in [1.29, 1.82) is 0 Å². The van der Waals surface area contributed by atoms with Crippen molar-refractivity contribution < 1.29 is 4.79 Å². The monoisotopic (exact) mass is 363 g/mol. The number of hydrogen-bond acceptors (Lipinski definition) is 3. The zero-order chi connectivity index (χ0) is 17.9. The Hall–Kier alpha value is -2.85. The number of amides is 1. The largest absolute Gasteiger partial charge is 0.365 e. The van der Waals surface area contributed by atoms with E-state index >= 15 is 0 Å². The summed E-state index contributed by atoms with van der Waals surface area (Å²) in [6, 6.07) is 19.3. The van der Waals surface area contributed by atoms with Gasteiger partial charge in [-0.25, -0.2) is 4.98 Å². The van der Waals surface area contributed by atoms with Crippen molar-refractivity contribution in [2.24, 2.45) is 0 Å². The number of benzene rings is 2. The maximum atomic E-state index is 13.1. The first-order chi connectivity index (χ1) is 12.7. The van der Waals surface area contributed by atoms with Gasteiger partial charge in [-0.15, -0.1) is 0 Å². The van der Waals surface area contributed by atoms with E-state index in [1.165, 1.54) is 0 Å². The van der Waals surface area contributed by atoms with Gasteiger partial charge in [0.1, 0.15) is 5.82 Å². The minimum atomic E-state index is -0.0465. The Balaban J connectivity index is 1.58. The smallest absolute Gasteiger partial charge is 0.262 e. The van der Waals surface area contributed by atoms with Gasteiger partial charge in [-0.1, -0.05) is 41.9 Å². The van der Waals surface area contributed by atoms with E-state index in [-0.39, 0.29) is 5.91 Å². The first kappa shape index (κ1) is 16.6. The van der Waals surface area contributed by atoms with Crippen molar-refractivity contribution in [1.82, 2.24) is 4.98 Å². The van der Waals surface area contributed by atoms with Gasteiger partial charge in [-0.05, 0) is 47.9 Å². The quantitative estimate of drug-likeness (QED) is 0.739. The average Bonchev–Trinajstić information content (AvgIpc) is 3.10. The zero-order valence-corrected chi connectivity index (χ0v) is 14.9. The van der Waals surface area contributed by atoms with Crippen molar-refractivity contribution in [3.8, 4) is 0 Å². The SMILES string of the molecule is O=C(c1cccnc1NCc1ccccc1)N1CCc2cc(Cl)ccc21. The third-order valence-corrected chi connectivity index (χ3v) is 4.76. The van der Waals surface area contributed by atoms with Crippen LogP contribution in [0.1, 0.15) is 21.5 Å². The molecule has 4 nitrogen and oxygen atoms in total. The van der Waals surface area contributed by atoms with E-state index in [0.29, 0.717) is 29.5 Å². The van der Waals surface area contributed by atoms with Gasteiger partial charge in [0.15, 0.2) is 0 Å². The molecule has 0 saturated heterocycles. The fourth-order valence-corrected chi connectivity index (χ4v) is 3.42. The van der Waals surface area contributed by atoms with Crippen LogP contribution in [0.3, 0.4) is 0 Å². The zero-order valence-electron chi connectivity index (χ0n) is 14.2. The van der Waals surface area contributed by atoms with Crippen molar-refractivity contribution in [2.45, 2.75) is 13.0 Å². The second kappa shape index (κ2) is 7.18. The molecule has 0 unspecified atom stereocenters. The molecule has 1 aromatic heterocycles. The van der Waals surface area contributed by atoms with E-state index in [4.69, 9.17) is 11.6 Å². The summed E-state index contributed by atoms with van der Waals surface area (Å²) >= 11 is 6.07. The molecule has 0 aliphatic carbocycles. The third kappa shape index (κ3) is 3.28. The molecule has 0 saturated carbocycles. The number of anilines is 2. The van der Waals surface area contributed by atoms with Gasteiger partial charge in [0.2, 0.25) is 0 Å². The Morgan fingerprint density at radius 3 is 2.81 bits per heavy atom. The lowest BCUT2D eigenvalue weighted by atomic mass is 10.1. The molecule has 0 fully saturated rings. The van der Waals surface area contributed by atoms with Crippen LogP contribution in [-0.4, -0.2) is 17.4 Å². The number of carbonyl (C=O) groups excluding carboxylic acids is 1. The van der Waals surface area contributed by atoms with Gasteiger partial charge in [0, 0.05) is 30.0 Å². The molecule has 5 heteroatoms. The van der Waals surface area contributed by atoms with Gasteiger partial charge in [0.05, 0.1) is 5.56 Å². The van der Waals surface area contributed by atoms with Crippen LogP contribution < -0.4 is 10.2 Å². The number of pyridine rings is 1. The molecular weight excluding hydrogens is 346 g/mol. The number of hydrogen-bond donors (Lipinski definition) is 1. The van der Waals surface area contributed by atoms with E-state index in [1.807, 2.05) is 54.6 Å². The highest BCUT2D eigenvalue weighted by Crippen LogP contribution is 2.32. The lowest BCUT2D eigenvalue weighted by molar-refractivity contribution is 0.0990. The summed E-state index contributed by atoms with van der Waals surface area (Å²) in [5, 5.41) is 3.99. The van der Waals surface area contributed by atoms with Crippen LogP contribution in [-0.2, 0) is 13.0 Å². The van der Waals surface area contributed by atoms with Crippen LogP contribution >= 0.6 is 11.6 Å². The van der Waals surface area contributed by atoms with E-state index < -0.39 is 0 Å². The molecule has 0 radical (unpaired) electrons. The summed E-state index contributed by atoms with van der Waals surface area (Å²) < 4.78 is 0.